The quantitative estimate of drug-likeness (QED) is 0.444. The monoisotopic (exact) mass is 447 g/mol. The third kappa shape index (κ3) is 4.09. The normalized spacial score (nSPS) is 17.8. The van der Waals surface area contributed by atoms with E-state index in [1.807, 2.05) is 36.4 Å². The molecule has 2 aromatic heterocycles. The maximum Gasteiger partial charge on any atom is 0.248 e. The van der Waals surface area contributed by atoms with E-state index in [-0.39, 0.29) is 31.5 Å². The molecule has 0 bridgehead atoms. The molecule has 2 amide bonds. The molecule has 0 aliphatic heterocycles. The van der Waals surface area contributed by atoms with Crippen molar-refractivity contribution in [2.24, 2.45) is 0 Å². The highest BCUT2D eigenvalue weighted by molar-refractivity contribution is 7.22. The molecule has 0 radical (unpaired) electrons. The molecule has 1 aromatic carbocycles. The van der Waals surface area contributed by atoms with Crippen LogP contribution in [0.5, 0.6) is 0 Å². The lowest BCUT2D eigenvalue weighted by molar-refractivity contribution is -0.138. The van der Waals surface area contributed by atoms with Gasteiger partial charge in [-0.05, 0) is 29.7 Å². The molecule has 3 aromatic rings. The van der Waals surface area contributed by atoms with E-state index in [1.54, 1.807) is 0 Å². The summed E-state index contributed by atoms with van der Waals surface area (Å²) >= 11 is 7.43. The van der Waals surface area contributed by atoms with Crippen LogP contribution in [0.2, 0.25) is 4.34 Å². The molecular formula is C21H22ClN3O4S. The zero-order valence-electron chi connectivity index (χ0n) is 16.1. The first-order chi connectivity index (χ1) is 14.5. The van der Waals surface area contributed by atoms with Crippen molar-refractivity contribution in [3.05, 3.63) is 57.6 Å². The number of aromatic nitrogens is 1. The van der Waals surface area contributed by atoms with Gasteiger partial charge in [0.15, 0.2) is 0 Å². The molecule has 0 fully saturated rings. The fourth-order valence-electron chi connectivity index (χ4n) is 4.18. The third-order valence-corrected chi connectivity index (χ3v) is 6.55. The highest BCUT2D eigenvalue weighted by atomic mass is 35.5. The minimum absolute atomic E-state index is 0.0818. The van der Waals surface area contributed by atoms with Crippen molar-refractivity contribution in [2.75, 3.05) is 19.8 Å². The van der Waals surface area contributed by atoms with Crippen molar-refractivity contribution in [1.82, 2.24) is 15.2 Å². The van der Waals surface area contributed by atoms with Crippen LogP contribution in [0.25, 0.3) is 10.2 Å². The molecule has 0 saturated carbocycles. The Morgan fingerprint density at radius 3 is 2.80 bits per heavy atom. The van der Waals surface area contributed by atoms with Crippen molar-refractivity contribution < 1.29 is 19.8 Å². The SMILES string of the molecule is O=C(Cc1cc2cc(Cl)sc2[nH]1)N[C@@H]1Cc2ccccc2[C@H]1N(CCO)C(=O)CO. The molecule has 0 spiro atoms. The predicted octanol–water partition coefficient (Wildman–Crippen LogP) is 2.02. The first-order valence-electron chi connectivity index (χ1n) is 9.65. The lowest BCUT2D eigenvalue weighted by Gasteiger charge is -2.33. The minimum Gasteiger partial charge on any atom is -0.395 e. The van der Waals surface area contributed by atoms with Crippen LogP contribution in [0.1, 0.15) is 22.9 Å². The molecule has 2 atom stereocenters. The lowest BCUT2D eigenvalue weighted by Crippen LogP contribution is -2.48. The Morgan fingerprint density at radius 1 is 1.27 bits per heavy atom. The number of amides is 2. The fraction of sp³-hybridized carbons (Fsp3) is 0.333. The van der Waals surface area contributed by atoms with Crippen LogP contribution in [0.3, 0.4) is 0 Å². The van der Waals surface area contributed by atoms with Crippen LogP contribution in [0.15, 0.2) is 36.4 Å². The van der Waals surface area contributed by atoms with Crippen molar-refractivity contribution >= 4 is 45.0 Å². The van der Waals surface area contributed by atoms with Crippen LogP contribution in [0.4, 0.5) is 0 Å². The first-order valence-corrected chi connectivity index (χ1v) is 10.8. The first kappa shape index (κ1) is 20.9. The number of H-pyrrole nitrogens is 1. The Balaban J connectivity index is 1.54. The van der Waals surface area contributed by atoms with Gasteiger partial charge < -0.3 is 25.4 Å². The number of carbonyl (C=O) groups is 2. The molecule has 0 unspecified atom stereocenters. The molecule has 4 rings (SSSR count). The van der Waals surface area contributed by atoms with Crippen LogP contribution in [-0.4, -0.2) is 57.7 Å². The van der Waals surface area contributed by atoms with Gasteiger partial charge >= 0.3 is 0 Å². The molecule has 0 saturated heterocycles. The van der Waals surface area contributed by atoms with Gasteiger partial charge in [0.1, 0.15) is 11.4 Å². The topological polar surface area (TPSA) is 106 Å². The van der Waals surface area contributed by atoms with Gasteiger partial charge in [0.25, 0.3) is 0 Å². The van der Waals surface area contributed by atoms with E-state index in [1.165, 1.54) is 16.2 Å². The third-order valence-electron chi connectivity index (χ3n) is 5.36. The Labute approximate surface area is 182 Å². The highest BCUT2D eigenvalue weighted by Crippen LogP contribution is 2.36. The number of fused-ring (bicyclic) bond motifs is 2. The van der Waals surface area contributed by atoms with Gasteiger partial charge in [-0.2, -0.15) is 0 Å². The summed E-state index contributed by atoms with van der Waals surface area (Å²) < 4.78 is 0.691. The summed E-state index contributed by atoms with van der Waals surface area (Å²) in [6.45, 7) is -0.799. The number of halogens is 1. The number of nitrogens with zero attached hydrogens (tertiary/aromatic N) is 1. The Bertz CT molecular complexity index is 1050. The summed E-state index contributed by atoms with van der Waals surface area (Å²) in [5.74, 6) is -0.648. The van der Waals surface area contributed by atoms with E-state index < -0.39 is 18.6 Å². The second-order valence-corrected chi connectivity index (χ2v) is 8.98. The number of benzene rings is 1. The molecule has 2 heterocycles. The maximum atomic E-state index is 12.8. The maximum absolute atomic E-state index is 12.8. The summed E-state index contributed by atoms with van der Waals surface area (Å²) in [7, 11) is 0. The van der Waals surface area contributed by atoms with E-state index in [9.17, 15) is 19.8 Å². The molecule has 1 aliphatic carbocycles. The number of carbonyl (C=O) groups excluding carboxylic acids is 2. The second-order valence-electron chi connectivity index (χ2n) is 7.30. The largest absolute Gasteiger partial charge is 0.395 e. The fourth-order valence-corrected chi connectivity index (χ4v) is 5.33. The van der Waals surface area contributed by atoms with E-state index in [2.05, 4.69) is 10.3 Å². The van der Waals surface area contributed by atoms with Gasteiger partial charge in [-0.3, -0.25) is 9.59 Å². The van der Waals surface area contributed by atoms with E-state index >= 15 is 0 Å². The van der Waals surface area contributed by atoms with Crippen LogP contribution in [0, 0.1) is 0 Å². The van der Waals surface area contributed by atoms with E-state index in [0.29, 0.717) is 10.8 Å². The summed E-state index contributed by atoms with van der Waals surface area (Å²) in [4.78, 5) is 30.7. The van der Waals surface area contributed by atoms with Crippen LogP contribution in [-0.2, 0) is 22.4 Å². The number of aliphatic hydroxyl groups excluding tert-OH is 2. The summed E-state index contributed by atoms with van der Waals surface area (Å²) in [5.41, 5.74) is 2.75. The number of nitrogens with one attached hydrogen (secondary N) is 2. The molecule has 7 nitrogen and oxygen atoms in total. The smallest absolute Gasteiger partial charge is 0.248 e. The molecule has 158 valence electrons. The van der Waals surface area contributed by atoms with Gasteiger partial charge in [0, 0.05) is 17.6 Å². The van der Waals surface area contributed by atoms with Crippen LogP contribution >= 0.6 is 22.9 Å². The number of aromatic amines is 1. The summed E-state index contributed by atoms with van der Waals surface area (Å²) in [6.07, 6.45) is 0.745. The average Bonchev–Trinajstić information content (AvgIpc) is 3.35. The predicted molar refractivity (Wildman–Crippen MR) is 116 cm³/mol. The van der Waals surface area contributed by atoms with Gasteiger partial charge in [-0.25, -0.2) is 0 Å². The second kappa shape index (κ2) is 8.77. The standard InChI is InChI=1S/C21H22ClN3O4S/c22-17-9-13-7-14(23-21(13)30-17)10-18(28)24-16-8-12-3-1-2-4-15(12)20(16)25(5-6-26)19(29)11-27/h1-4,7,9,16,20,23,26-27H,5-6,8,10-11H2,(H,24,28)/t16-,20-/m1/s1. The van der Waals surface area contributed by atoms with Gasteiger partial charge in [-0.1, -0.05) is 35.9 Å². The summed E-state index contributed by atoms with van der Waals surface area (Å²) in [5, 5.41) is 22.9. The van der Waals surface area contributed by atoms with E-state index in [0.717, 1.165) is 27.0 Å². The number of hydrogen-bond donors (Lipinski definition) is 4. The molecule has 1 aliphatic rings. The zero-order valence-corrected chi connectivity index (χ0v) is 17.7. The average molecular weight is 448 g/mol. The van der Waals surface area contributed by atoms with E-state index in [4.69, 9.17) is 11.6 Å². The minimum atomic E-state index is -0.652. The Hall–Kier alpha value is -2.39. The number of hydrogen-bond acceptors (Lipinski definition) is 5. The Morgan fingerprint density at radius 2 is 2.07 bits per heavy atom. The van der Waals surface area contributed by atoms with Gasteiger partial charge in [0.2, 0.25) is 11.8 Å². The zero-order chi connectivity index (χ0) is 21.3. The molecule has 9 heteroatoms. The lowest BCUT2D eigenvalue weighted by atomic mass is 10.0. The molecular weight excluding hydrogens is 426 g/mol. The molecule has 30 heavy (non-hydrogen) atoms. The molecule has 4 N–H and O–H groups in total. The van der Waals surface area contributed by atoms with Crippen molar-refractivity contribution in [3.63, 3.8) is 0 Å². The summed E-state index contributed by atoms with van der Waals surface area (Å²) in [6, 6.07) is 10.7. The Kier molecular flexibility index (Phi) is 6.10. The highest BCUT2D eigenvalue weighted by Gasteiger charge is 2.39. The van der Waals surface area contributed by atoms with Crippen molar-refractivity contribution in [3.8, 4) is 0 Å². The van der Waals surface area contributed by atoms with Crippen molar-refractivity contribution in [1.29, 1.82) is 0 Å². The number of rotatable bonds is 7. The van der Waals surface area contributed by atoms with Crippen molar-refractivity contribution in [2.45, 2.75) is 24.9 Å². The number of aliphatic hydroxyl groups is 2. The van der Waals surface area contributed by atoms with Gasteiger partial charge in [0.05, 0.1) is 29.4 Å². The number of thiophene rings is 1. The van der Waals surface area contributed by atoms with Gasteiger partial charge in [-0.15, -0.1) is 11.3 Å². The van der Waals surface area contributed by atoms with Crippen LogP contribution < -0.4 is 5.32 Å².